The van der Waals surface area contributed by atoms with Crippen LogP contribution < -0.4 is 5.32 Å². The van der Waals surface area contributed by atoms with E-state index in [9.17, 15) is 27.9 Å². The zero-order chi connectivity index (χ0) is 16.9. The Morgan fingerprint density at radius 2 is 1.82 bits per heavy atom. The van der Waals surface area contributed by atoms with Gasteiger partial charge in [0, 0.05) is 6.42 Å². The van der Waals surface area contributed by atoms with Crippen molar-refractivity contribution in [1.82, 2.24) is 5.32 Å². The van der Waals surface area contributed by atoms with Crippen molar-refractivity contribution in [3.8, 4) is 12.3 Å². The summed E-state index contributed by atoms with van der Waals surface area (Å²) >= 11 is 0. The fraction of sp³-hybridized carbons (Fsp3) is 0.286. The van der Waals surface area contributed by atoms with Crippen LogP contribution in [0.1, 0.15) is 23.7 Å². The second-order valence-electron chi connectivity index (χ2n) is 4.33. The Labute approximate surface area is 123 Å². The van der Waals surface area contributed by atoms with Crippen LogP contribution in [0.25, 0.3) is 0 Å². The van der Waals surface area contributed by atoms with Crippen LogP contribution >= 0.6 is 0 Å². The Morgan fingerprint density at radius 1 is 1.27 bits per heavy atom. The van der Waals surface area contributed by atoms with Crippen molar-refractivity contribution in [2.75, 3.05) is 0 Å². The van der Waals surface area contributed by atoms with Gasteiger partial charge < -0.3 is 15.5 Å². The van der Waals surface area contributed by atoms with Crippen LogP contribution in [0.3, 0.4) is 0 Å². The van der Waals surface area contributed by atoms with Gasteiger partial charge in [-0.2, -0.15) is 13.2 Å². The number of amides is 1. The molecule has 22 heavy (non-hydrogen) atoms. The maximum Gasteiger partial charge on any atom is 0.416 e. The van der Waals surface area contributed by atoms with Gasteiger partial charge >= 0.3 is 12.1 Å². The van der Waals surface area contributed by atoms with Crippen molar-refractivity contribution in [3.05, 3.63) is 35.4 Å². The number of benzene rings is 1. The molecule has 0 spiro atoms. The van der Waals surface area contributed by atoms with E-state index in [-0.39, 0.29) is 12.0 Å². The molecule has 0 fully saturated rings. The monoisotopic (exact) mass is 315 g/mol. The third-order valence-electron chi connectivity index (χ3n) is 2.74. The Hall–Kier alpha value is -2.53. The lowest BCUT2D eigenvalue weighted by Crippen LogP contribution is -2.42. The van der Waals surface area contributed by atoms with E-state index in [1.807, 2.05) is 5.32 Å². The summed E-state index contributed by atoms with van der Waals surface area (Å²) in [5.41, 5.74) is -1.03. The van der Waals surface area contributed by atoms with Gasteiger partial charge in [0.15, 0.2) is 6.10 Å². The highest BCUT2D eigenvalue weighted by molar-refractivity contribution is 5.87. The van der Waals surface area contributed by atoms with E-state index in [0.29, 0.717) is 12.1 Å². The molecule has 0 aromatic heterocycles. The SMILES string of the molecule is C#CC[C@@H](NC(=O)[C@H](O)c1ccc(C(F)(F)F)cc1)C(=O)O. The number of alkyl halides is 3. The van der Waals surface area contributed by atoms with Gasteiger partial charge in [-0.25, -0.2) is 4.79 Å². The number of aliphatic hydroxyl groups is 1. The first kappa shape index (κ1) is 17.5. The molecule has 0 saturated heterocycles. The van der Waals surface area contributed by atoms with Crippen LogP contribution in [0.15, 0.2) is 24.3 Å². The number of carboxylic acids is 1. The largest absolute Gasteiger partial charge is 0.480 e. The van der Waals surface area contributed by atoms with E-state index >= 15 is 0 Å². The zero-order valence-electron chi connectivity index (χ0n) is 11.1. The van der Waals surface area contributed by atoms with E-state index < -0.39 is 35.8 Å². The molecule has 0 aliphatic rings. The number of carboxylic acid groups (broad SMARTS) is 1. The molecule has 1 aromatic rings. The van der Waals surface area contributed by atoms with Crippen molar-refractivity contribution in [2.24, 2.45) is 0 Å². The van der Waals surface area contributed by atoms with E-state index in [0.717, 1.165) is 12.1 Å². The molecule has 1 rings (SSSR count). The number of hydrogen-bond acceptors (Lipinski definition) is 3. The van der Waals surface area contributed by atoms with Gasteiger partial charge in [0.05, 0.1) is 5.56 Å². The summed E-state index contributed by atoms with van der Waals surface area (Å²) < 4.78 is 37.2. The lowest BCUT2D eigenvalue weighted by atomic mass is 10.1. The highest BCUT2D eigenvalue weighted by Gasteiger charge is 2.31. The van der Waals surface area contributed by atoms with Crippen LogP contribution in [0.4, 0.5) is 13.2 Å². The molecule has 3 N–H and O–H groups in total. The summed E-state index contributed by atoms with van der Waals surface area (Å²) in [6.45, 7) is 0. The molecule has 0 saturated carbocycles. The van der Waals surface area contributed by atoms with Crippen molar-refractivity contribution < 1.29 is 33.0 Å². The second kappa shape index (κ2) is 6.95. The molecular formula is C14H12F3NO4. The summed E-state index contributed by atoms with van der Waals surface area (Å²) in [6, 6.07) is 1.90. The van der Waals surface area contributed by atoms with Gasteiger partial charge in [0.1, 0.15) is 6.04 Å². The Kier molecular flexibility index (Phi) is 5.54. The van der Waals surface area contributed by atoms with E-state index in [1.54, 1.807) is 0 Å². The van der Waals surface area contributed by atoms with Crippen LogP contribution in [0.5, 0.6) is 0 Å². The predicted octanol–water partition coefficient (Wildman–Crippen LogP) is 1.33. The predicted molar refractivity (Wildman–Crippen MR) is 69.4 cm³/mol. The fourth-order valence-electron chi connectivity index (χ4n) is 1.57. The average Bonchev–Trinajstić information content (AvgIpc) is 2.45. The van der Waals surface area contributed by atoms with Crippen molar-refractivity contribution in [3.63, 3.8) is 0 Å². The number of halogens is 3. The number of terminal acetylenes is 1. The topological polar surface area (TPSA) is 86.6 Å². The molecule has 0 bridgehead atoms. The summed E-state index contributed by atoms with van der Waals surface area (Å²) in [6.07, 6.45) is -1.68. The number of aliphatic hydroxyl groups excluding tert-OH is 1. The first-order chi connectivity index (χ1) is 10.2. The standard InChI is InChI=1S/C14H12F3NO4/c1-2-3-10(13(21)22)18-12(20)11(19)8-4-6-9(7-5-8)14(15,16)17/h1,4-7,10-11,19H,3H2,(H,18,20)(H,21,22)/t10-,11-/m1/s1. The number of carbonyl (C=O) groups is 2. The molecule has 0 aliphatic carbocycles. The number of aliphatic carboxylic acids is 1. The molecule has 118 valence electrons. The van der Waals surface area contributed by atoms with Crippen LogP contribution in [-0.2, 0) is 15.8 Å². The summed E-state index contributed by atoms with van der Waals surface area (Å²) in [7, 11) is 0. The first-order valence-electron chi connectivity index (χ1n) is 5.98. The number of carbonyl (C=O) groups excluding carboxylic acids is 1. The van der Waals surface area contributed by atoms with Gasteiger partial charge in [-0.1, -0.05) is 12.1 Å². The molecule has 0 unspecified atom stereocenters. The highest BCUT2D eigenvalue weighted by Crippen LogP contribution is 2.29. The third kappa shape index (κ3) is 4.49. The molecular weight excluding hydrogens is 303 g/mol. The lowest BCUT2D eigenvalue weighted by Gasteiger charge is -2.16. The summed E-state index contributed by atoms with van der Waals surface area (Å²) in [4.78, 5) is 22.5. The third-order valence-corrected chi connectivity index (χ3v) is 2.74. The van der Waals surface area contributed by atoms with E-state index in [2.05, 4.69) is 5.92 Å². The fourth-order valence-corrected chi connectivity index (χ4v) is 1.57. The van der Waals surface area contributed by atoms with Gasteiger partial charge in [0.25, 0.3) is 5.91 Å². The Balaban J connectivity index is 2.83. The molecule has 0 radical (unpaired) electrons. The summed E-state index contributed by atoms with van der Waals surface area (Å²) in [5, 5.41) is 20.6. The quantitative estimate of drug-likeness (QED) is 0.716. The van der Waals surface area contributed by atoms with Crippen molar-refractivity contribution in [2.45, 2.75) is 24.7 Å². The minimum Gasteiger partial charge on any atom is -0.480 e. The minimum absolute atomic E-state index is 0.102. The maximum atomic E-state index is 12.4. The van der Waals surface area contributed by atoms with Gasteiger partial charge in [-0.15, -0.1) is 12.3 Å². The van der Waals surface area contributed by atoms with E-state index in [4.69, 9.17) is 11.5 Å². The lowest BCUT2D eigenvalue weighted by molar-refractivity contribution is -0.143. The molecule has 1 aromatic carbocycles. The Bertz CT molecular complexity index is 590. The van der Waals surface area contributed by atoms with Crippen molar-refractivity contribution >= 4 is 11.9 Å². The smallest absolute Gasteiger partial charge is 0.416 e. The Morgan fingerprint density at radius 3 is 2.23 bits per heavy atom. The van der Waals surface area contributed by atoms with E-state index in [1.165, 1.54) is 0 Å². The molecule has 5 nitrogen and oxygen atoms in total. The molecule has 2 atom stereocenters. The van der Waals surface area contributed by atoms with Crippen LogP contribution in [-0.4, -0.2) is 28.1 Å². The number of nitrogens with one attached hydrogen (secondary N) is 1. The van der Waals surface area contributed by atoms with Crippen molar-refractivity contribution in [1.29, 1.82) is 0 Å². The molecule has 8 heteroatoms. The van der Waals surface area contributed by atoms with Gasteiger partial charge in [0.2, 0.25) is 0 Å². The minimum atomic E-state index is -4.53. The highest BCUT2D eigenvalue weighted by atomic mass is 19.4. The summed E-state index contributed by atoms with van der Waals surface area (Å²) in [5.74, 6) is -0.396. The average molecular weight is 315 g/mol. The van der Waals surface area contributed by atoms with Gasteiger partial charge in [-0.3, -0.25) is 4.79 Å². The molecule has 0 heterocycles. The molecule has 0 aliphatic heterocycles. The maximum absolute atomic E-state index is 12.4. The first-order valence-corrected chi connectivity index (χ1v) is 5.98. The number of rotatable bonds is 5. The van der Waals surface area contributed by atoms with Crippen LogP contribution in [0.2, 0.25) is 0 Å². The van der Waals surface area contributed by atoms with Crippen LogP contribution in [0, 0.1) is 12.3 Å². The molecule has 1 amide bonds. The van der Waals surface area contributed by atoms with Gasteiger partial charge in [-0.05, 0) is 17.7 Å². The zero-order valence-corrected chi connectivity index (χ0v) is 11.1. The number of hydrogen-bond donors (Lipinski definition) is 3. The second-order valence-corrected chi connectivity index (χ2v) is 4.33. The normalized spacial score (nSPS) is 13.8.